The van der Waals surface area contributed by atoms with Crippen LogP contribution in [0.15, 0.2) is 42.3 Å². The first-order chi connectivity index (χ1) is 14.0. The number of rotatable bonds is 6. The molecule has 0 atom stereocenters. The van der Waals surface area contributed by atoms with E-state index in [4.69, 9.17) is 11.6 Å². The van der Waals surface area contributed by atoms with Gasteiger partial charge in [0.25, 0.3) is 5.91 Å². The summed E-state index contributed by atoms with van der Waals surface area (Å²) in [5, 5.41) is 9.89. The number of aromatic nitrogens is 4. The van der Waals surface area contributed by atoms with Gasteiger partial charge in [0.2, 0.25) is 0 Å². The summed E-state index contributed by atoms with van der Waals surface area (Å²) in [4.78, 5) is 20.9. The molecule has 7 nitrogen and oxygen atoms in total. The highest BCUT2D eigenvalue weighted by Crippen LogP contribution is 2.34. The van der Waals surface area contributed by atoms with Gasteiger partial charge in [0, 0.05) is 41.3 Å². The number of pyridine rings is 1. The van der Waals surface area contributed by atoms with Gasteiger partial charge in [-0.25, -0.2) is 4.98 Å². The quantitative estimate of drug-likeness (QED) is 0.472. The Morgan fingerprint density at radius 3 is 3.03 bits per heavy atom. The Labute approximate surface area is 171 Å². The van der Waals surface area contributed by atoms with E-state index in [2.05, 4.69) is 30.2 Å². The minimum Gasteiger partial charge on any atom is -0.434 e. The maximum absolute atomic E-state index is 12.7. The third-order valence-electron chi connectivity index (χ3n) is 4.06. The standard InChI is InChI=1S/C18H12ClF2N5O2S/c19-10-1-2-13(28-18(20)21)11(3-10)15-9(5-25-26-15)4-23-17(27)12-6-22-7-14-16(12)24-8-29-14/h1-3,5-8,18H,4H2,(H,23,27)(H,25,26). The van der Waals surface area contributed by atoms with E-state index in [1.165, 1.54) is 35.7 Å². The number of thiazole rings is 1. The van der Waals surface area contributed by atoms with Gasteiger partial charge >= 0.3 is 6.61 Å². The summed E-state index contributed by atoms with van der Waals surface area (Å²) < 4.78 is 30.8. The number of carbonyl (C=O) groups is 1. The Balaban J connectivity index is 1.59. The first kappa shape index (κ1) is 19.2. The molecule has 0 bridgehead atoms. The van der Waals surface area contributed by atoms with Gasteiger partial charge in [0.1, 0.15) is 11.4 Å². The highest BCUT2D eigenvalue weighted by atomic mass is 35.5. The van der Waals surface area contributed by atoms with Crippen molar-refractivity contribution in [1.82, 2.24) is 25.5 Å². The third kappa shape index (κ3) is 4.03. The number of amides is 1. The summed E-state index contributed by atoms with van der Waals surface area (Å²) >= 11 is 7.40. The van der Waals surface area contributed by atoms with Crippen molar-refractivity contribution in [2.24, 2.45) is 0 Å². The van der Waals surface area contributed by atoms with Gasteiger partial charge in [-0.15, -0.1) is 11.3 Å². The minimum atomic E-state index is -3.00. The van der Waals surface area contributed by atoms with Gasteiger partial charge in [-0.1, -0.05) is 11.6 Å². The number of alkyl halides is 2. The fraction of sp³-hybridized carbons (Fsp3) is 0.111. The maximum Gasteiger partial charge on any atom is 0.387 e. The van der Waals surface area contributed by atoms with Gasteiger partial charge in [0.15, 0.2) is 0 Å². The van der Waals surface area contributed by atoms with E-state index in [9.17, 15) is 13.6 Å². The summed E-state index contributed by atoms with van der Waals surface area (Å²) in [5.41, 5.74) is 3.75. The number of hydrogen-bond acceptors (Lipinski definition) is 6. The molecule has 0 radical (unpaired) electrons. The van der Waals surface area contributed by atoms with Crippen LogP contribution in [-0.2, 0) is 6.54 Å². The average molecular weight is 436 g/mol. The molecular formula is C18H12ClF2N5O2S. The molecule has 0 aliphatic heterocycles. The summed E-state index contributed by atoms with van der Waals surface area (Å²) in [7, 11) is 0. The number of aromatic amines is 1. The van der Waals surface area contributed by atoms with Crippen LogP contribution in [0.2, 0.25) is 5.02 Å². The van der Waals surface area contributed by atoms with Crippen LogP contribution in [0, 0.1) is 0 Å². The molecule has 3 aromatic heterocycles. The van der Waals surface area contributed by atoms with Gasteiger partial charge in [-0.3, -0.25) is 14.9 Å². The first-order valence-electron chi connectivity index (χ1n) is 8.25. The molecule has 1 aromatic carbocycles. The predicted molar refractivity (Wildman–Crippen MR) is 104 cm³/mol. The zero-order valence-electron chi connectivity index (χ0n) is 14.5. The van der Waals surface area contributed by atoms with Crippen molar-refractivity contribution < 1.29 is 18.3 Å². The minimum absolute atomic E-state index is 0.0690. The van der Waals surface area contributed by atoms with Crippen molar-refractivity contribution in [3.8, 4) is 17.0 Å². The van der Waals surface area contributed by atoms with Gasteiger partial charge < -0.3 is 10.1 Å². The van der Waals surface area contributed by atoms with Crippen molar-refractivity contribution in [2.75, 3.05) is 0 Å². The fourth-order valence-corrected chi connectivity index (χ4v) is 3.64. The molecule has 3 heterocycles. The number of fused-ring (bicyclic) bond motifs is 1. The SMILES string of the molecule is O=C(NCc1c[nH]nc1-c1cc(Cl)ccc1OC(F)F)c1cncc2scnc12. The normalized spacial score (nSPS) is 11.2. The van der Waals surface area contributed by atoms with E-state index in [1.54, 1.807) is 17.9 Å². The van der Waals surface area contributed by atoms with Crippen LogP contribution in [0.25, 0.3) is 21.5 Å². The van der Waals surface area contributed by atoms with Crippen LogP contribution in [0.3, 0.4) is 0 Å². The molecular weight excluding hydrogens is 424 g/mol. The fourth-order valence-electron chi connectivity index (χ4n) is 2.80. The van der Waals surface area contributed by atoms with Gasteiger partial charge in [-0.05, 0) is 18.2 Å². The van der Waals surface area contributed by atoms with E-state index < -0.39 is 6.61 Å². The number of ether oxygens (including phenoxy) is 1. The highest BCUT2D eigenvalue weighted by Gasteiger charge is 2.18. The molecule has 0 aliphatic carbocycles. The molecule has 2 N–H and O–H groups in total. The monoisotopic (exact) mass is 435 g/mol. The van der Waals surface area contributed by atoms with Crippen LogP contribution in [0.5, 0.6) is 5.75 Å². The lowest BCUT2D eigenvalue weighted by Crippen LogP contribution is -2.23. The van der Waals surface area contributed by atoms with E-state index >= 15 is 0 Å². The molecule has 0 saturated carbocycles. The molecule has 0 fully saturated rings. The summed E-state index contributed by atoms with van der Waals surface area (Å²) in [5.74, 6) is -0.434. The molecule has 0 spiro atoms. The van der Waals surface area contributed by atoms with E-state index in [-0.39, 0.29) is 23.8 Å². The number of nitrogens with zero attached hydrogens (tertiary/aromatic N) is 3. The number of benzene rings is 1. The highest BCUT2D eigenvalue weighted by molar-refractivity contribution is 7.16. The number of H-pyrrole nitrogens is 1. The van der Waals surface area contributed by atoms with Crippen LogP contribution in [0.1, 0.15) is 15.9 Å². The number of nitrogens with one attached hydrogen (secondary N) is 2. The summed E-state index contributed by atoms with van der Waals surface area (Å²) in [6.45, 7) is -2.91. The second-order valence-corrected chi connectivity index (χ2v) is 7.17. The van der Waals surface area contributed by atoms with Crippen LogP contribution >= 0.6 is 22.9 Å². The van der Waals surface area contributed by atoms with Crippen LogP contribution in [-0.4, -0.2) is 32.7 Å². The van der Waals surface area contributed by atoms with Crippen LogP contribution in [0.4, 0.5) is 8.78 Å². The molecule has 11 heteroatoms. The summed E-state index contributed by atoms with van der Waals surface area (Å²) in [6.07, 6.45) is 4.64. The number of carbonyl (C=O) groups excluding carboxylic acids is 1. The van der Waals surface area contributed by atoms with E-state index in [0.717, 1.165) is 4.70 Å². The molecule has 29 heavy (non-hydrogen) atoms. The number of halogens is 3. The van der Waals surface area contributed by atoms with Gasteiger partial charge in [-0.2, -0.15) is 13.9 Å². The zero-order chi connectivity index (χ0) is 20.4. The Morgan fingerprint density at radius 1 is 1.34 bits per heavy atom. The average Bonchev–Trinajstić information content (AvgIpc) is 3.36. The Kier molecular flexibility index (Phi) is 5.36. The number of hydrogen-bond donors (Lipinski definition) is 2. The van der Waals surface area contributed by atoms with Crippen molar-refractivity contribution in [1.29, 1.82) is 0 Å². The van der Waals surface area contributed by atoms with Crippen molar-refractivity contribution in [2.45, 2.75) is 13.2 Å². The molecule has 4 rings (SSSR count). The molecule has 1 amide bonds. The van der Waals surface area contributed by atoms with Crippen LogP contribution < -0.4 is 10.1 Å². The van der Waals surface area contributed by atoms with Crippen molar-refractivity contribution in [3.63, 3.8) is 0 Å². The lowest BCUT2D eigenvalue weighted by atomic mass is 10.1. The Morgan fingerprint density at radius 2 is 2.21 bits per heavy atom. The maximum atomic E-state index is 12.7. The molecule has 148 valence electrons. The third-order valence-corrected chi connectivity index (χ3v) is 5.06. The van der Waals surface area contributed by atoms with Crippen molar-refractivity contribution >= 4 is 39.1 Å². The molecule has 0 saturated heterocycles. The summed E-state index contributed by atoms with van der Waals surface area (Å²) in [6, 6.07) is 4.26. The topological polar surface area (TPSA) is 92.8 Å². The second-order valence-electron chi connectivity index (χ2n) is 5.85. The smallest absolute Gasteiger partial charge is 0.387 e. The lowest BCUT2D eigenvalue weighted by Gasteiger charge is -2.11. The predicted octanol–water partition coefficient (Wildman–Crippen LogP) is 4.27. The Hall–Kier alpha value is -3.11. The molecule has 0 unspecified atom stereocenters. The van der Waals surface area contributed by atoms with E-state index in [0.29, 0.717) is 27.4 Å². The van der Waals surface area contributed by atoms with Crippen molar-refractivity contribution in [3.05, 3.63) is 58.4 Å². The zero-order valence-corrected chi connectivity index (χ0v) is 16.1. The second kappa shape index (κ2) is 8.10. The Bertz CT molecular complexity index is 1180. The molecule has 4 aromatic rings. The largest absolute Gasteiger partial charge is 0.434 e. The molecule has 0 aliphatic rings. The lowest BCUT2D eigenvalue weighted by molar-refractivity contribution is -0.0494. The van der Waals surface area contributed by atoms with Gasteiger partial charge in [0.05, 0.1) is 21.3 Å². The first-order valence-corrected chi connectivity index (χ1v) is 9.51. The van der Waals surface area contributed by atoms with E-state index in [1.807, 2.05) is 0 Å².